The van der Waals surface area contributed by atoms with Crippen LogP contribution < -0.4 is 22.1 Å². The molecule has 64 valence electrons. The number of hydrogen-bond donors (Lipinski definition) is 4. The molecular formula is C5H7N5O2. The first kappa shape index (κ1) is 8.05. The Morgan fingerprint density at radius 2 is 2.42 bits per heavy atom. The minimum absolute atomic E-state index is 0.0770. The third-order valence-corrected chi connectivity index (χ3v) is 1.14. The van der Waals surface area contributed by atoms with Gasteiger partial charge < -0.3 is 10.7 Å². The van der Waals surface area contributed by atoms with Crippen molar-refractivity contribution in [2.24, 2.45) is 0 Å². The van der Waals surface area contributed by atoms with Crippen LogP contribution in [0.5, 0.6) is 0 Å². The largest absolute Gasteiger partial charge is 0.391 e. The van der Waals surface area contributed by atoms with Gasteiger partial charge in [-0.15, -0.1) is 0 Å². The van der Waals surface area contributed by atoms with Crippen molar-refractivity contribution in [3.05, 3.63) is 16.7 Å². The van der Waals surface area contributed by atoms with Gasteiger partial charge in [0, 0.05) is 0 Å². The summed E-state index contributed by atoms with van der Waals surface area (Å²) in [6.07, 6.45) is 1.58. The number of H-pyrrole nitrogens is 1. The fourth-order valence-corrected chi connectivity index (χ4v) is 0.608. The molecule has 5 N–H and O–H groups in total. The summed E-state index contributed by atoms with van der Waals surface area (Å²) in [5.74, 6) is 0.117. The second kappa shape index (κ2) is 3.37. The van der Waals surface area contributed by atoms with E-state index in [0.717, 1.165) is 0 Å². The predicted octanol–water partition coefficient (Wildman–Crippen LogP) is -1.58. The van der Waals surface area contributed by atoms with Crippen LogP contribution >= 0.6 is 0 Å². The van der Waals surface area contributed by atoms with Crippen LogP contribution in [-0.2, 0) is 4.79 Å². The van der Waals surface area contributed by atoms with Gasteiger partial charge in [-0.2, -0.15) is 0 Å². The summed E-state index contributed by atoms with van der Waals surface area (Å²) in [4.78, 5) is 26.6. The molecule has 1 rings (SSSR count). The minimum Gasteiger partial charge on any atom is -0.391 e. The van der Waals surface area contributed by atoms with Gasteiger partial charge in [0.1, 0.15) is 5.69 Å². The zero-order valence-corrected chi connectivity index (χ0v) is 6.00. The van der Waals surface area contributed by atoms with Crippen LogP contribution in [0.4, 0.5) is 11.5 Å². The monoisotopic (exact) mass is 169 g/mol. The van der Waals surface area contributed by atoms with E-state index in [1.54, 1.807) is 0 Å². The summed E-state index contributed by atoms with van der Waals surface area (Å²) in [5, 5.41) is 0. The first-order chi connectivity index (χ1) is 5.75. The number of aromatic amines is 1. The Labute approximate surface area is 67.0 Å². The Morgan fingerprint density at radius 1 is 1.67 bits per heavy atom. The summed E-state index contributed by atoms with van der Waals surface area (Å²) in [5.41, 5.74) is 9.20. The summed E-state index contributed by atoms with van der Waals surface area (Å²) in [6.45, 7) is 0. The number of hydrogen-bond acceptors (Lipinski definition) is 5. The number of nitrogens with two attached hydrogens (primary N) is 1. The van der Waals surface area contributed by atoms with Crippen molar-refractivity contribution in [1.29, 1.82) is 0 Å². The van der Waals surface area contributed by atoms with Crippen molar-refractivity contribution < 1.29 is 4.79 Å². The van der Waals surface area contributed by atoms with Gasteiger partial charge in [-0.25, -0.2) is 4.98 Å². The summed E-state index contributed by atoms with van der Waals surface area (Å²) in [7, 11) is 0. The van der Waals surface area contributed by atoms with Crippen molar-refractivity contribution in [2.45, 2.75) is 0 Å². The third kappa shape index (κ3) is 1.51. The van der Waals surface area contributed by atoms with Crippen molar-refractivity contribution in [1.82, 2.24) is 15.4 Å². The van der Waals surface area contributed by atoms with Gasteiger partial charge >= 0.3 is 0 Å². The zero-order valence-electron chi connectivity index (χ0n) is 6.00. The number of hydrazine groups is 1. The number of anilines is 2. The highest BCUT2D eigenvalue weighted by Crippen LogP contribution is 2.03. The van der Waals surface area contributed by atoms with Gasteiger partial charge in [-0.05, 0) is 0 Å². The molecule has 0 bridgehead atoms. The maximum atomic E-state index is 10.8. The molecule has 0 saturated carbocycles. The number of carbonyl (C=O) groups is 1. The maximum Gasteiger partial charge on any atom is 0.276 e. The predicted molar refractivity (Wildman–Crippen MR) is 42.1 cm³/mol. The van der Waals surface area contributed by atoms with Crippen LogP contribution in [0.3, 0.4) is 0 Å². The van der Waals surface area contributed by atoms with E-state index in [0.29, 0.717) is 6.41 Å². The molecule has 12 heavy (non-hydrogen) atoms. The Hall–Kier alpha value is -2.05. The number of aromatic nitrogens is 2. The topological polar surface area (TPSA) is 113 Å². The van der Waals surface area contributed by atoms with Crippen LogP contribution in [-0.4, -0.2) is 16.4 Å². The lowest BCUT2D eigenvalue weighted by Crippen LogP contribution is -2.24. The second-order valence-electron chi connectivity index (χ2n) is 1.88. The highest BCUT2D eigenvalue weighted by atomic mass is 16.1. The smallest absolute Gasteiger partial charge is 0.276 e. The van der Waals surface area contributed by atoms with E-state index in [4.69, 9.17) is 5.73 Å². The molecule has 0 spiro atoms. The average molecular weight is 169 g/mol. The molecule has 0 aliphatic carbocycles. The molecule has 0 atom stereocenters. The van der Waals surface area contributed by atoms with E-state index in [1.165, 1.54) is 6.33 Å². The van der Waals surface area contributed by atoms with Gasteiger partial charge in [-0.3, -0.25) is 20.4 Å². The average Bonchev–Trinajstić information content (AvgIpc) is 2.08. The first-order valence-corrected chi connectivity index (χ1v) is 3.04. The lowest BCUT2D eigenvalue weighted by Gasteiger charge is -2.03. The van der Waals surface area contributed by atoms with Crippen molar-refractivity contribution >= 4 is 17.9 Å². The van der Waals surface area contributed by atoms with Crippen molar-refractivity contribution in [2.75, 3.05) is 11.2 Å². The third-order valence-electron chi connectivity index (χ3n) is 1.14. The molecule has 7 heteroatoms. The van der Waals surface area contributed by atoms with Crippen LogP contribution in [0.1, 0.15) is 0 Å². The second-order valence-corrected chi connectivity index (χ2v) is 1.88. The van der Waals surface area contributed by atoms with E-state index in [9.17, 15) is 9.59 Å². The van der Waals surface area contributed by atoms with Gasteiger partial charge in [0.15, 0.2) is 5.82 Å². The summed E-state index contributed by atoms with van der Waals surface area (Å²) >= 11 is 0. The molecule has 0 radical (unpaired) electrons. The lowest BCUT2D eigenvalue weighted by atomic mass is 10.5. The van der Waals surface area contributed by atoms with Crippen LogP contribution in [0, 0.1) is 0 Å². The molecule has 0 aromatic carbocycles. The summed E-state index contributed by atoms with van der Waals surface area (Å²) in [6, 6.07) is 0. The molecule has 0 aliphatic rings. The lowest BCUT2D eigenvalue weighted by molar-refractivity contribution is -0.109. The Kier molecular flexibility index (Phi) is 2.26. The fraction of sp³-hybridized carbons (Fsp3) is 0. The van der Waals surface area contributed by atoms with E-state index in [-0.39, 0.29) is 11.5 Å². The molecule has 1 aromatic heterocycles. The number of carbonyl (C=O) groups excluding carboxylic acids is 1. The molecule has 0 fully saturated rings. The highest BCUT2D eigenvalue weighted by Gasteiger charge is 2.01. The molecule has 1 amide bonds. The number of nitrogens with one attached hydrogen (secondary N) is 3. The fourth-order valence-electron chi connectivity index (χ4n) is 0.608. The first-order valence-electron chi connectivity index (χ1n) is 3.04. The molecule has 1 heterocycles. The van der Waals surface area contributed by atoms with Crippen LogP contribution in [0.2, 0.25) is 0 Å². The van der Waals surface area contributed by atoms with E-state index in [1.807, 2.05) is 0 Å². The van der Waals surface area contributed by atoms with E-state index >= 15 is 0 Å². The molecular weight excluding hydrogens is 162 g/mol. The zero-order chi connectivity index (χ0) is 8.97. The van der Waals surface area contributed by atoms with E-state index in [2.05, 4.69) is 20.8 Å². The number of rotatable bonds is 3. The maximum absolute atomic E-state index is 10.8. The highest BCUT2D eigenvalue weighted by molar-refractivity contribution is 5.61. The Balaban J connectivity index is 2.92. The van der Waals surface area contributed by atoms with E-state index < -0.39 is 5.56 Å². The molecule has 0 saturated heterocycles. The number of nitrogen functional groups attached to an aromatic ring is 1. The molecule has 0 unspecified atom stereocenters. The summed E-state index contributed by atoms with van der Waals surface area (Å²) < 4.78 is 0. The SMILES string of the molecule is Nc1c(NNC=O)nc[nH]c1=O. The number of amides is 1. The van der Waals surface area contributed by atoms with Gasteiger partial charge in [-0.1, -0.05) is 0 Å². The number of nitrogens with zero attached hydrogens (tertiary/aromatic N) is 1. The normalized spacial score (nSPS) is 9.00. The molecule has 0 aliphatic heterocycles. The van der Waals surface area contributed by atoms with Gasteiger partial charge in [0.2, 0.25) is 6.41 Å². The quantitative estimate of drug-likeness (QED) is 0.322. The van der Waals surface area contributed by atoms with Crippen molar-refractivity contribution in [3.63, 3.8) is 0 Å². The van der Waals surface area contributed by atoms with Gasteiger partial charge in [0.05, 0.1) is 6.33 Å². The van der Waals surface area contributed by atoms with Crippen LogP contribution in [0.15, 0.2) is 11.1 Å². The minimum atomic E-state index is -0.458. The van der Waals surface area contributed by atoms with Crippen molar-refractivity contribution in [3.8, 4) is 0 Å². The standard InChI is InChI=1S/C5H7N5O2/c6-3-4(10-9-2-11)7-1-8-5(3)12/h1-2H,6H2,(H,9,11)(H2,7,8,10,12). The molecule has 7 nitrogen and oxygen atoms in total. The Bertz CT molecular complexity index is 333. The van der Waals surface area contributed by atoms with Gasteiger partial charge in [0.25, 0.3) is 5.56 Å². The van der Waals surface area contributed by atoms with Crippen LogP contribution in [0.25, 0.3) is 0 Å². The molecule has 1 aromatic rings. The Morgan fingerprint density at radius 3 is 3.08 bits per heavy atom.